The van der Waals surface area contributed by atoms with Gasteiger partial charge in [-0.2, -0.15) is 0 Å². The third-order valence-electron chi connectivity index (χ3n) is 2.81. The van der Waals surface area contributed by atoms with Gasteiger partial charge in [-0.1, -0.05) is 0 Å². The molecule has 0 atom stereocenters. The number of thiazole rings is 1. The Kier molecular flexibility index (Phi) is 2.64. The number of nitrogens with two attached hydrogens (primary N) is 1. The smallest absolute Gasteiger partial charge is 0.180 e. The summed E-state index contributed by atoms with van der Waals surface area (Å²) < 4.78 is 3.08. The molecule has 0 spiro atoms. The van der Waals surface area contributed by atoms with E-state index < -0.39 is 0 Å². The summed E-state index contributed by atoms with van der Waals surface area (Å²) in [5.74, 6) is 0. The number of nitrogens with zero attached hydrogens (tertiary/aromatic N) is 3. The molecule has 0 bridgehead atoms. The van der Waals surface area contributed by atoms with Gasteiger partial charge in [0.2, 0.25) is 0 Å². The average Bonchev–Trinajstić information content (AvgIpc) is 2.82. The largest absolute Gasteiger partial charge is 0.375 e. The van der Waals surface area contributed by atoms with E-state index in [2.05, 4.69) is 36.4 Å². The molecule has 18 heavy (non-hydrogen) atoms. The van der Waals surface area contributed by atoms with E-state index in [0.29, 0.717) is 5.13 Å². The second kappa shape index (κ2) is 4.07. The highest BCUT2D eigenvalue weighted by atomic mass is 79.9. The van der Waals surface area contributed by atoms with Crippen LogP contribution in [0.25, 0.3) is 17.0 Å². The number of hydrogen-bond acceptors (Lipinski definition) is 4. The third kappa shape index (κ3) is 1.72. The molecule has 0 radical (unpaired) electrons. The maximum absolute atomic E-state index is 5.71. The van der Waals surface area contributed by atoms with Gasteiger partial charge in [-0.05, 0) is 41.4 Å². The molecule has 0 amide bonds. The van der Waals surface area contributed by atoms with Crippen molar-refractivity contribution in [1.29, 1.82) is 0 Å². The lowest BCUT2D eigenvalue weighted by molar-refractivity contribution is 1.14. The highest BCUT2D eigenvalue weighted by Gasteiger charge is 2.15. The van der Waals surface area contributed by atoms with E-state index in [0.717, 1.165) is 32.8 Å². The first kappa shape index (κ1) is 11.7. The second-order valence-corrected chi connectivity index (χ2v) is 5.96. The molecule has 0 saturated carbocycles. The SMILES string of the molecule is Cc1nc2c(C)cc(Br)cn2c1-c1csc(N)n1. The fraction of sp³-hybridized carbons (Fsp3) is 0.167. The molecule has 2 N–H and O–H groups in total. The van der Waals surface area contributed by atoms with E-state index in [1.165, 1.54) is 11.3 Å². The van der Waals surface area contributed by atoms with E-state index in [4.69, 9.17) is 5.73 Å². The molecule has 3 aromatic heterocycles. The molecule has 3 aromatic rings. The van der Waals surface area contributed by atoms with Crippen LogP contribution in [0.2, 0.25) is 0 Å². The number of nitrogen functional groups attached to an aromatic ring is 1. The predicted molar refractivity (Wildman–Crippen MR) is 77.9 cm³/mol. The third-order valence-corrected chi connectivity index (χ3v) is 3.92. The van der Waals surface area contributed by atoms with Gasteiger partial charge >= 0.3 is 0 Å². The fourth-order valence-corrected chi connectivity index (χ4v) is 3.18. The van der Waals surface area contributed by atoms with E-state index in [1.807, 2.05) is 25.4 Å². The second-order valence-electron chi connectivity index (χ2n) is 4.15. The van der Waals surface area contributed by atoms with Crippen LogP contribution in [-0.2, 0) is 0 Å². The number of imidazole rings is 1. The molecule has 3 heterocycles. The van der Waals surface area contributed by atoms with Gasteiger partial charge in [-0.25, -0.2) is 9.97 Å². The first-order valence-corrected chi connectivity index (χ1v) is 7.09. The van der Waals surface area contributed by atoms with Crippen molar-refractivity contribution in [2.75, 3.05) is 5.73 Å². The molecule has 0 aliphatic rings. The minimum Gasteiger partial charge on any atom is -0.375 e. The number of pyridine rings is 1. The number of fused-ring (bicyclic) bond motifs is 1. The highest BCUT2D eigenvalue weighted by Crippen LogP contribution is 2.29. The topological polar surface area (TPSA) is 56.2 Å². The first-order chi connectivity index (χ1) is 8.56. The Bertz CT molecular complexity index is 744. The molecule has 0 aliphatic carbocycles. The molecular formula is C12H11BrN4S. The molecule has 92 valence electrons. The van der Waals surface area contributed by atoms with Crippen LogP contribution in [0.1, 0.15) is 11.3 Å². The monoisotopic (exact) mass is 322 g/mol. The lowest BCUT2D eigenvalue weighted by Crippen LogP contribution is -1.92. The Morgan fingerprint density at radius 1 is 1.33 bits per heavy atom. The van der Waals surface area contributed by atoms with Gasteiger partial charge in [-0.3, -0.25) is 4.40 Å². The van der Waals surface area contributed by atoms with Crippen molar-refractivity contribution in [2.24, 2.45) is 0 Å². The van der Waals surface area contributed by atoms with Crippen molar-refractivity contribution < 1.29 is 0 Å². The van der Waals surface area contributed by atoms with Gasteiger partial charge in [0, 0.05) is 16.0 Å². The summed E-state index contributed by atoms with van der Waals surface area (Å²) in [5.41, 5.74) is 10.6. The summed E-state index contributed by atoms with van der Waals surface area (Å²) in [6.07, 6.45) is 2.01. The number of rotatable bonds is 1. The van der Waals surface area contributed by atoms with Crippen molar-refractivity contribution in [2.45, 2.75) is 13.8 Å². The maximum atomic E-state index is 5.71. The zero-order valence-electron chi connectivity index (χ0n) is 9.94. The van der Waals surface area contributed by atoms with Crippen LogP contribution in [0.3, 0.4) is 0 Å². The number of halogens is 1. The highest BCUT2D eigenvalue weighted by molar-refractivity contribution is 9.10. The lowest BCUT2D eigenvalue weighted by Gasteiger charge is -2.02. The summed E-state index contributed by atoms with van der Waals surface area (Å²) in [6, 6.07) is 2.06. The van der Waals surface area contributed by atoms with Crippen molar-refractivity contribution in [3.63, 3.8) is 0 Å². The van der Waals surface area contributed by atoms with Gasteiger partial charge in [0.25, 0.3) is 0 Å². The molecule has 0 aliphatic heterocycles. The minimum absolute atomic E-state index is 0.575. The van der Waals surface area contributed by atoms with Crippen molar-refractivity contribution in [3.8, 4) is 11.4 Å². The van der Waals surface area contributed by atoms with E-state index in [-0.39, 0.29) is 0 Å². The van der Waals surface area contributed by atoms with Gasteiger partial charge in [-0.15, -0.1) is 11.3 Å². The quantitative estimate of drug-likeness (QED) is 0.746. The molecule has 0 aromatic carbocycles. The van der Waals surface area contributed by atoms with Crippen LogP contribution in [0, 0.1) is 13.8 Å². The molecule has 0 fully saturated rings. The maximum Gasteiger partial charge on any atom is 0.180 e. The summed E-state index contributed by atoms with van der Waals surface area (Å²) in [7, 11) is 0. The number of hydrogen-bond donors (Lipinski definition) is 1. The molecule has 3 rings (SSSR count). The van der Waals surface area contributed by atoms with Crippen LogP contribution in [-0.4, -0.2) is 14.4 Å². The van der Waals surface area contributed by atoms with Crippen molar-refractivity contribution in [1.82, 2.24) is 14.4 Å². The van der Waals surface area contributed by atoms with Crippen molar-refractivity contribution in [3.05, 3.63) is 33.4 Å². The molecule has 0 saturated heterocycles. The van der Waals surface area contributed by atoms with E-state index in [1.54, 1.807) is 0 Å². The summed E-state index contributed by atoms with van der Waals surface area (Å²) >= 11 is 4.96. The fourth-order valence-electron chi connectivity index (χ4n) is 2.09. The Balaban J connectivity index is 2.38. The zero-order chi connectivity index (χ0) is 12.9. The Morgan fingerprint density at radius 2 is 2.11 bits per heavy atom. The number of aryl methyl sites for hydroxylation is 2. The molecule has 0 unspecified atom stereocenters. The summed E-state index contributed by atoms with van der Waals surface area (Å²) in [6.45, 7) is 4.04. The van der Waals surface area contributed by atoms with Crippen LogP contribution in [0.5, 0.6) is 0 Å². The van der Waals surface area contributed by atoms with E-state index in [9.17, 15) is 0 Å². The zero-order valence-corrected chi connectivity index (χ0v) is 12.3. The lowest BCUT2D eigenvalue weighted by atomic mass is 10.3. The Labute approximate surface area is 117 Å². The van der Waals surface area contributed by atoms with Crippen LogP contribution < -0.4 is 5.73 Å². The van der Waals surface area contributed by atoms with Gasteiger partial charge < -0.3 is 5.73 Å². The van der Waals surface area contributed by atoms with Gasteiger partial charge in [0.05, 0.1) is 11.4 Å². The van der Waals surface area contributed by atoms with Crippen LogP contribution in [0.4, 0.5) is 5.13 Å². The molecular weight excluding hydrogens is 312 g/mol. The van der Waals surface area contributed by atoms with Gasteiger partial charge in [0.1, 0.15) is 11.3 Å². The Morgan fingerprint density at radius 3 is 2.78 bits per heavy atom. The van der Waals surface area contributed by atoms with Crippen LogP contribution >= 0.6 is 27.3 Å². The van der Waals surface area contributed by atoms with Crippen LogP contribution in [0.15, 0.2) is 22.1 Å². The van der Waals surface area contributed by atoms with Crippen molar-refractivity contribution >= 4 is 38.0 Å². The van der Waals surface area contributed by atoms with E-state index >= 15 is 0 Å². The predicted octanol–water partition coefficient (Wildman–Crippen LogP) is 3.42. The van der Waals surface area contributed by atoms with Gasteiger partial charge in [0.15, 0.2) is 5.13 Å². The normalized spacial score (nSPS) is 11.3. The molecule has 6 heteroatoms. The standard InChI is InChI=1S/C12H11BrN4S/c1-6-3-8(13)4-17-10(7(2)15-11(6)17)9-5-18-12(14)16-9/h3-5H,1-2H3,(H2,14,16). The summed E-state index contributed by atoms with van der Waals surface area (Å²) in [4.78, 5) is 8.95. The molecule has 4 nitrogen and oxygen atoms in total. The average molecular weight is 323 g/mol. The minimum atomic E-state index is 0.575. The number of aromatic nitrogens is 3. The Hall–Kier alpha value is -1.40. The summed E-state index contributed by atoms with van der Waals surface area (Å²) in [5, 5.41) is 2.54. The number of anilines is 1. The first-order valence-electron chi connectivity index (χ1n) is 5.42.